The van der Waals surface area contributed by atoms with Gasteiger partial charge in [0.2, 0.25) is 0 Å². The van der Waals surface area contributed by atoms with Crippen LogP contribution in [0.2, 0.25) is 0 Å². The topological polar surface area (TPSA) is 311 Å². The Morgan fingerprint density at radius 2 is 0.381 bits per heavy atom. The number of hydrogen-bond acceptors (Lipinski definition) is 4. The first-order chi connectivity index (χ1) is 8.00. The fourth-order valence-electron chi connectivity index (χ4n) is 0. The van der Waals surface area contributed by atoms with Gasteiger partial charge in [-0.3, -0.25) is 0 Å². The molecule has 21 heteroatoms. The first-order valence-corrected chi connectivity index (χ1v) is 9.39. The third-order valence-electron chi connectivity index (χ3n) is 0. The summed E-state index contributed by atoms with van der Waals surface area (Å²) in [5.74, 6) is 0. The van der Waals surface area contributed by atoms with Crippen LogP contribution in [0.5, 0.6) is 0 Å². The first-order valence-electron chi connectivity index (χ1n) is 3.13. The van der Waals surface area contributed by atoms with Crippen LogP contribution in [0.4, 0.5) is 0 Å². The predicted molar refractivity (Wildman–Crippen MR) is 58.2 cm³/mol. The molecule has 0 heterocycles. The average Bonchev–Trinajstić information content (AvgIpc) is 1.62. The van der Waals surface area contributed by atoms with Crippen LogP contribution < -0.4 is 29.6 Å². The predicted octanol–water partition coefficient (Wildman–Crippen LogP) is -6.60. The monoisotopic (exact) mass is 416 g/mol. The zero-order valence-electron chi connectivity index (χ0n) is 10.8. The summed E-state index contributed by atoms with van der Waals surface area (Å²) in [7, 11) is -18.6. The Morgan fingerprint density at radius 3 is 0.381 bits per heavy atom. The van der Waals surface area contributed by atoms with Crippen LogP contribution in [0.1, 0.15) is 1.43 Å². The van der Waals surface area contributed by atoms with Crippen molar-refractivity contribution in [1.29, 1.82) is 0 Å². The molecule has 0 rings (SSSR count). The summed E-state index contributed by atoms with van der Waals surface area (Å²) in [6, 6.07) is 0. The first kappa shape index (κ1) is 33.9. The van der Waals surface area contributed by atoms with E-state index in [-0.39, 0.29) is 31.0 Å². The molecular formula is H13NaO16P4. The largest absolute Gasteiger partial charge is 1.00 e. The molecule has 0 aliphatic carbocycles. The second-order valence-electron chi connectivity index (χ2n) is 2.05. The third kappa shape index (κ3) is 3910. The van der Waals surface area contributed by atoms with Gasteiger partial charge in [-0.05, 0) is 0 Å². The van der Waals surface area contributed by atoms with Crippen molar-refractivity contribution in [2.45, 2.75) is 0 Å². The van der Waals surface area contributed by atoms with Crippen LogP contribution in [0.25, 0.3) is 0 Å². The van der Waals surface area contributed by atoms with E-state index in [1.54, 1.807) is 0 Å². The van der Waals surface area contributed by atoms with E-state index in [4.69, 9.17) is 77.0 Å². The SMILES string of the molecule is O=P(O)(O)O.O=P(O)(O)O.O=P(O)(O)O.O=P(O)(O)O.[H-].[Na+]. The van der Waals surface area contributed by atoms with Crippen molar-refractivity contribution in [2.75, 3.05) is 0 Å². The van der Waals surface area contributed by atoms with E-state index in [2.05, 4.69) is 0 Å². The van der Waals surface area contributed by atoms with Crippen molar-refractivity contribution in [3.63, 3.8) is 0 Å². The summed E-state index contributed by atoms with van der Waals surface area (Å²) >= 11 is 0. The van der Waals surface area contributed by atoms with Crippen molar-refractivity contribution in [3.05, 3.63) is 0 Å². The number of hydrogen-bond donors (Lipinski definition) is 12. The van der Waals surface area contributed by atoms with E-state index in [9.17, 15) is 0 Å². The minimum absolute atomic E-state index is 0. The zero-order valence-corrected chi connectivity index (χ0v) is 15.4. The van der Waals surface area contributed by atoms with Crippen molar-refractivity contribution < 1.29 is 108 Å². The fraction of sp³-hybridized carbons (Fsp3) is 0. The summed E-state index contributed by atoms with van der Waals surface area (Å²) in [6.45, 7) is 0. The Hall–Kier alpha value is 1.44. The fourth-order valence-corrected chi connectivity index (χ4v) is 0. The van der Waals surface area contributed by atoms with Gasteiger partial charge in [-0.15, -0.1) is 0 Å². The Bertz CT molecular complexity index is 291. The maximum atomic E-state index is 8.88. The van der Waals surface area contributed by atoms with Gasteiger partial charge in [-0.1, -0.05) is 0 Å². The normalized spacial score (nSPS) is 11.2. The Balaban J connectivity index is -0.0000000376. The van der Waals surface area contributed by atoms with Crippen LogP contribution >= 0.6 is 31.3 Å². The molecule has 16 nitrogen and oxygen atoms in total. The van der Waals surface area contributed by atoms with Crippen molar-refractivity contribution in [1.82, 2.24) is 0 Å². The molecule has 0 saturated heterocycles. The van der Waals surface area contributed by atoms with Crippen LogP contribution in [-0.4, -0.2) is 58.7 Å². The smallest absolute Gasteiger partial charge is 1.00 e. The van der Waals surface area contributed by atoms with Crippen LogP contribution in [-0.2, 0) is 18.3 Å². The minimum atomic E-state index is -4.64. The van der Waals surface area contributed by atoms with Gasteiger partial charge < -0.3 is 60.1 Å². The van der Waals surface area contributed by atoms with E-state index in [0.717, 1.165) is 0 Å². The van der Waals surface area contributed by atoms with Gasteiger partial charge in [0.05, 0.1) is 0 Å². The Morgan fingerprint density at radius 1 is 0.381 bits per heavy atom. The molecule has 21 heavy (non-hydrogen) atoms. The molecule has 0 amide bonds. The average molecular weight is 416 g/mol. The molecule has 0 aromatic rings. The van der Waals surface area contributed by atoms with Crippen LogP contribution in [0.3, 0.4) is 0 Å². The minimum Gasteiger partial charge on any atom is -1.00 e. The molecule has 0 atom stereocenters. The van der Waals surface area contributed by atoms with Gasteiger partial charge in [0.25, 0.3) is 0 Å². The summed E-state index contributed by atoms with van der Waals surface area (Å²) in [5, 5.41) is 0. The molecule has 12 N–H and O–H groups in total. The summed E-state index contributed by atoms with van der Waals surface area (Å²) in [5.41, 5.74) is 0. The van der Waals surface area contributed by atoms with Crippen molar-refractivity contribution in [2.24, 2.45) is 0 Å². The van der Waals surface area contributed by atoms with E-state index < -0.39 is 31.3 Å². The van der Waals surface area contributed by atoms with Crippen LogP contribution in [0, 0.1) is 0 Å². The molecule has 0 spiro atoms. The van der Waals surface area contributed by atoms with Gasteiger partial charge in [0.15, 0.2) is 0 Å². The summed E-state index contributed by atoms with van der Waals surface area (Å²) < 4.78 is 35.5. The van der Waals surface area contributed by atoms with Gasteiger partial charge in [-0.25, -0.2) is 18.3 Å². The molecule has 0 aromatic heterocycles. The third-order valence-corrected chi connectivity index (χ3v) is 0. The van der Waals surface area contributed by atoms with E-state index >= 15 is 0 Å². The molecule has 0 aromatic carbocycles. The molecule has 0 bridgehead atoms. The molecule has 0 saturated carbocycles. The molecule has 0 radical (unpaired) electrons. The van der Waals surface area contributed by atoms with E-state index in [0.29, 0.717) is 0 Å². The molecule has 0 unspecified atom stereocenters. The second-order valence-corrected chi connectivity index (χ2v) is 6.16. The van der Waals surface area contributed by atoms with Crippen LogP contribution in [0.15, 0.2) is 0 Å². The zero-order chi connectivity index (χ0) is 18.0. The Labute approximate surface area is 139 Å². The molecule has 0 fully saturated rings. The maximum Gasteiger partial charge on any atom is 1.00 e. The van der Waals surface area contributed by atoms with Gasteiger partial charge in [-0.2, -0.15) is 0 Å². The van der Waals surface area contributed by atoms with Gasteiger partial charge >= 0.3 is 60.8 Å². The van der Waals surface area contributed by atoms with E-state index in [1.165, 1.54) is 0 Å². The van der Waals surface area contributed by atoms with Crippen molar-refractivity contribution >= 4 is 31.3 Å². The molecular weight excluding hydrogens is 403 g/mol. The number of phosphoric acid groups is 4. The van der Waals surface area contributed by atoms with Gasteiger partial charge in [0, 0.05) is 0 Å². The summed E-state index contributed by atoms with van der Waals surface area (Å²) in [6.07, 6.45) is 0. The number of rotatable bonds is 0. The maximum absolute atomic E-state index is 8.88. The molecule has 130 valence electrons. The van der Waals surface area contributed by atoms with E-state index in [1.807, 2.05) is 0 Å². The second kappa shape index (κ2) is 13.8. The van der Waals surface area contributed by atoms with Crippen molar-refractivity contribution in [3.8, 4) is 0 Å². The molecule has 0 aliphatic rings. The quantitative estimate of drug-likeness (QED) is 0.129. The molecule has 0 aliphatic heterocycles. The Kier molecular flexibility index (Phi) is 22.4. The summed E-state index contributed by atoms with van der Waals surface area (Å²) in [4.78, 5) is 86.2. The standard InChI is InChI=1S/Na.4H3O4P.H/c;4*1-5(2,3)4;/h;4*(H3,1,2,3,4);/q+1;;;;;-1. The van der Waals surface area contributed by atoms with Gasteiger partial charge in [0.1, 0.15) is 0 Å².